The van der Waals surface area contributed by atoms with Crippen molar-refractivity contribution in [2.45, 2.75) is 174 Å². The maximum absolute atomic E-state index is 12.0. The molecule has 0 heterocycles. The molecule has 4 nitrogen and oxygen atoms in total. The second-order valence-electron chi connectivity index (χ2n) is 10.4. The van der Waals surface area contributed by atoms with Crippen LogP contribution in [0, 0.1) is 0 Å². The molecule has 1 N–H and O–H groups in total. The number of aliphatic carboxylic acids is 1. The number of ether oxygens (including phenoxy) is 1. The van der Waals surface area contributed by atoms with Gasteiger partial charge in [-0.05, 0) is 58.3 Å². The van der Waals surface area contributed by atoms with Crippen molar-refractivity contribution in [1.29, 1.82) is 0 Å². The van der Waals surface area contributed by atoms with E-state index in [4.69, 9.17) is 9.84 Å². The number of rotatable bonds is 27. The van der Waals surface area contributed by atoms with Crippen LogP contribution in [0.4, 0.5) is 0 Å². The maximum Gasteiger partial charge on any atom is 0.306 e. The molecule has 0 aromatic heterocycles. The first-order chi connectivity index (χ1) is 17.1. The molecule has 0 aliphatic rings. The molecule has 0 amide bonds. The summed E-state index contributed by atoms with van der Waals surface area (Å²) in [5.74, 6) is -0.706. The molecule has 1 atom stereocenters. The minimum Gasteiger partial charge on any atom is -0.481 e. The van der Waals surface area contributed by atoms with Gasteiger partial charge >= 0.3 is 11.9 Å². The first kappa shape index (κ1) is 33.7. The highest BCUT2D eigenvalue weighted by Crippen LogP contribution is 2.14. The fourth-order valence-electron chi connectivity index (χ4n) is 4.45. The molecule has 206 valence electrons. The number of allylic oxidation sites excluding steroid dienone is 2. The first-order valence-electron chi connectivity index (χ1n) is 15.1. The Morgan fingerprint density at radius 3 is 1.57 bits per heavy atom. The van der Waals surface area contributed by atoms with Crippen LogP contribution >= 0.6 is 0 Å². The van der Waals surface area contributed by atoms with Gasteiger partial charge in [0, 0.05) is 12.8 Å². The summed E-state index contributed by atoms with van der Waals surface area (Å²) in [6, 6.07) is 0. The summed E-state index contributed by atoms with van der Waals surface area (Å²) in [5.41, 5.74) is 0. The molecule has 0 fully saturated rings. The third-order valence-electron chi connectivity index (χ3n) is 6.73. The van der Waals surface area contributed by atoms with E-state index in [2.05, 4.69) is 19.1 Å². The molecular formula is C31H58O4. The van der Waals surface area contributed by atoms with E-state index >= 15 is 0 Å². The average molecular weight is 495 g/mol. The Morgan fingerprint density at radius 1 is 0.629 bits per heavy atom. The van der Waals surface area contributed by atoms with Gasteiger partial charge in [-0.15, -0.1) is 0 Å². The summed E-state index contributed by atoms with van der Waals surface area (Å²) in [5, 5.41) is 8.61. The molecule has 0 radical (unpaired) electrons. The second-order valence-corrected chi connectivity index (χ2v) is 10.4. The number of unbranched alkanes of at least 4 members (excludes halogenated alkanes) is 18. The molecule has 0 aromatic rings. The van der Waals surface area contributed by atoms with Gasteiger partial charge in [-0.25, -0.2) is 0 Å². The lowest BCUT2D eigenvalue weighted by Crippen LogP contribution is -2.14. The van der Waals surface area contributed by atoms with Crippen LogP contribution in [0.1, 0.15) is 168 Å². The molecule has 4 heteroatoms. The highest BCUT2D eigenvalue weighted by atomic mass is 16.5. The Balaban J connectivity index is 3.34. The fraction of sp³-hybridized carbons (Fsp3) is 0.871. The number of hydrogen-bond acceptors (Lipinski definition) is 3. The van der Waals surface area contributed by atoms with Gasteiger partial charge in [-0.2, -0.15) is 0 Å². The topological polar surface area (TPSA) is 63.6 Å². The SMILES string of the molecule is CCCCCC/C=C\CCCCCCCCC(=O)OC(C)CCCCCCCCCCCC(=O)O. The van der Waals surface area contributed by atoms with Gasteiger partial charge in [0.1, 0.15) is 0 Å². The monoisotopic (exact) mass is 494 g/mol. The van der Waals surface area contributed by atoms with Crippen LogP contribution in [-0.2, 0) is 14.3 Å². The van der Waals surface area contributed by atoms with Gasteiger partial charge in [-0.3, -0.25) is 9.59 Å². The van der Waals surface area contributed by atoms with Crippen molar-refractivity contribution in [3.8, 4) is 0 Å². The van der Waals surface area contributed by atoms with Crippen LogP contribution in [0.2, 0.25) is 0 Å². The molecule has 0 rings (SSSR count). The van der Waals surface area contributed by atoms with Gasteiger partial charge < -0.3 is 9.84 Å². The number of carbonyl (C=O) groups is 2. The fourth-order valence-corrected chi connectivity index (χ4v) is 4.45. The highest BCUT2D eigenvalue weighted by Gasteiger charge is 2.09. The van der Waals surface area contributed by atoms with Crippen LogP contribution in [0.25, 0.3) is 0 Å². The predicted octanol–water partition coefficient (Wildman–Crippen LogP) is 9.94. The lowest BCUT2D eigenvalue weighted by atomic mass is 10.0. The maximum atomic E-state index is 12.0. The van der Waals surface area contributed by atoms with Crippen molar-refractivity contribution in [2.75, 3.05) is 0 Å². The molecule has 35 heavy (non-hydrogen) atoms. The summed E-state index contributed by atoms with van der Waals surface area (Å²) in [4.78, 5) is 22.5. The molecule has 0 bridgehead atoms. The number of hydrogen-bond donors (Lipinski definition) is 1. The zero-order valence-electron chi connectivity index (χ0n) is 23.4. The van der Waals surface area contributed by atoms with Gasteiger partial charge in [0.25, 0.3) is 0 Å². The highest BCUT2D eigenvalue weighted by molar-refractivity contribution is 5.69. The Kier molecular flexibility index (Phi) is 26.2. The van der Waals surface area contributed by atoms with E-state index in [-0.39, 0.29) is 12.1 Å². The van der Waals surface area contributed by atoms with Crippen LogP contribution in [0.3, 0.4) is 0 Å². The minimum atomic E-state index is -0.682. The zero-order chi connectivity index (χ0) is 25.8. The normalized spacial score (nSPS) is 12.3. The van der Waals surface area contributed by atoms with Crippen LogP contribution < -0.4 is 0 Å². The second kappa shape index (κ2) is 27.3. The third kappa shape index (κ3) is 28.8. The van der Waals surface area contributed by atoms with Gasteiger partial charge in [0.2, 0.25) is 0 Å². The van der Waals surface area contributed by atoms with E-state index in [1.54, 1.807) is 0 Å². The third-order valence-corrected chi connectivity index (χ3v) is 6.73. The Bertz CT molecular complexity index is 500. The Hall–Kier alpha value is -1.32. The van der Waals surface area contributed by atoms with Crippen molar-refractivity contribution in [2.24, 2.45) is 0 Å². The molecule has 0 aromatic carbocycles. The van der Waals surface area contributed by atoms with Gasteiger partial charge in [0.15, 0.2) is 0 Å². The summed E-state index contributed by atoms with van der Waals surface area (Å²) in [6.07, 6.45) is 31.9. The van der Waals surface area contributed by atoms with E-state index in [0.29, 0.717) is 12.8 Å². The Labute approximate surface area is 217 Å². The average Bonchev–Trinajstić information content (AvgIpc) is 2.82. The summed E-state index contributed by atoms with van der Waals surface area (Å²) < 4.78 is 5.57. The molecule has 0 aliphatic heterocycles. The van der Waals surface area contributed by atoms with E-state index in [1.807, 2.05) is 6.92 Å². The number of carbonyl (C=O) groups excluding carboxylic acids is 1. The van der Waals surface area contributed by atoms with Crippen LogP contribution in [0.5, 0.6) is 0 Å². The van der Waals surface area contributed by atoms with Gasteiger partial charge in [-0.1, -0.05) is 109 Å². The van der Waals surface area contributed by atoms with Crippen molar-refractivity contribution in [3.63, 3.8) is 0 Å². The molecule has 0 saturated carbocycles. The van der Waals surface area contributed by atoms with Crippen LogP contribution in [0.15, 0.2) is 12.2 Å². The quantitative estimate of drug-likeness (QED) is 0.0701. The van der Waals surface area contributed by atoms with Crippen molar-refractivity contribution < 1.29 is 19.4 Å². The standard InChI is InChI=1S/C31H58O4/c1-3-4-5-6-7-8-9-10-11-12-16-19-22-25-28-31(34)35-29(2)26-23-20-17-14-13-15-18-21-24-27-30(32)33/h8-9,29H,3-7,10-28H2,1-2H3,(H,32,33)/b9-8-. The Morgan fingerprint density at radius 2 is 1.06 bits per heavy atom. The minimum absolute atomic E-state index is 0.0236. The van der Waals surface area contributed by atoms with Crippen molar-refractivity contribution in [1.82, 2.24) is 0 Å². The first-order valence-corrected chi connectivity index (χ1v) is 15.1. The van der Waals surface area contributed by atoms with Crippen molar-refractivity contribution >= 4 is 11.9 Å². The molecule has 1 unspecified atom stereocenters. The summed E-state index contributed by atoms with van der Waals surface area (Å²) in [7, 11) is 0. The van der Waals surface area contributed by atoms with E-state index in [1.165, 1.54) is 96.3 Å². The number of esters is 1. The van der Waals surface area contributed by atoms with E-state index < -0.39 is 5.97 Å². The summed E-state index contributed by atoms with van der Waals surface area (Å²) >= 11 is 0. The van der Waals surface area contributed by atoms with Gasteiger partial charge in [0.05, 0.1) is 6.10 Å². The molecular weight excluding hydrogens is 436 g/mol. The number of carboxylic acids is 1. The van der Waals surface area contributed by atoms with Crippen molar-refractivity contribution in [3.05, 3.63) is 12.2 Å². The number of carboxylic acid groups (broad SMARTS) is 1. The largest absolute Gasteiger partial charge is 0.481 e. The zero-order valence-corrected chi connectivity index (χ0v) is 23.4. The molecule has 0 saturated heterocycles. The lowest BCUT2D eigenvalue weighted by molar-refractivity contribution is -0.148. The van der Waals surface area contributed by atoms with Crippen LogP contribution in [-0.4, -0.2) is 23.1 Å². The smallest absolute Gasteiger partial charge is 0.306 e. The molecule has 0 aliphatic carbocycles. The van der Waals surface area contributed by atoms with E-state index in [0.717, 1.165) is 44.9 Å². The predicted molar refractivity (Wildman–Crippen MR) is 149 cm³/mol. The summed E-state index contributed by atoms with van der Waals surface area (Å²) in [6.45, 7) is 4.28. The molecule has 0 spiro atoms. The lowest BCUT2D eigenvalue weighted by Gasteiger charge is -2.13. The van der Waals surface area contributed by atoms with E-state index in [9.17, 15) is 9.59 Å².